The number of piperazine rings is 1. The summed E-state index contributed by atoms with van der Waals surface area (Å²) in [5.74, 6) is 0.759. The molecule has 1 fully saturated rings. The van der Waals surface area contributed by atoms with E-state index in [4.69, 9.17) is 0 Å². The molecule has 11 heavy (non-hydrogen) atoms. The normalized spacial score (nSPS) is 34.6. The van der Waals surface area contributed by atoms with Crippen molar-refractivity contribution in [3.63, 3.8) is 0 Å². The summed E-state index contributed by atoms with van der Waals surface area (Å²) in [5, 5.41) is 3.45. The van der Waals surface area contributed by atoms with Crippen LogP contribution >= 0.6 is 0 Å². The molecule has 66 valence electrons. The van der Waals surface area contributed by atoms with Gasteiger partial charge in [0.2, 0.25) is 0 Å². The van der Waals surface area contributed by atoms with Crippen LogP contribution in [0, 0.1) is 5.92 Å². The number of likely N-dealkylation sites (N-methyl/N-ethyl adjacent to an activating group) is 1. The molecule has 0 amide bonds. The molecule has 1 unspecified atom stereocenters. The van der Waals surface area contributed by atoms with E-state index in [1.54, 1.807) is 0 Å². The third-order valence-electron chi connectivity index (χ3n) is 2.78. The molecule has 1 saturated heterocycles. The van der Waals surface area contributed by atoms with E-state index in [-0.39, 0.29) is 0 Å². The van der Waals surface area contributed by atoms with Crippen molar-refractivity contribution in [2.75, 3.05) is 20.1 Å². The highest BCUT2D eigenvalue weighted by atomic mass is 15.2. The lowest BCUT2D eigenvalue weighted by molar-refractivity contribution is 0.108. The zero-order valence-electron chi connectivity index (χ0n) is 8.09. The fraction of sp³-hybridized carbons (Fsp3) is 1.00. The number of rotatable bonds is 1. The molecule has 0 aliphatic carbocycles. The maximum atomic E-state index is 3.45. The number of hydrogen-bond acceptors (Lipinski definition) is 2. The van der Waals surface area contributed by atoms with Gasteiger partial charge in [-0.1, -0.05) is 13.8 Å². The maximum Gasteiger partial charge on any atom is 0.0243 e. The van der Waals surface area contributed by atoms with Crippen molar-refractivity contribution in [3.8, 4) is 0 Å². The lowest BCUT2D eigenvalue weighted by Gasteiger charge is -2.40. The van der Waals surface area contributed by atoms with Gasteiger partial charge in [0.15, 0.2) is 0 Å². The summed E-state index contributed by atoms with van der Waals surface area (Å²) in [7, 11) is 2.23. The van der Waals surface area contributed by atoms with Gasteiger partial charge in [-0.2, -0.15) is 0 Å². The van der Waals surface area contributed by atoms with Crippen molar-refractivity contribution in [3.05, 3.63) is 0 Å². The minimum absolute atomic E-state index is 0.691. The van der Waals surface area contributed by atoms with Crippen LogP contribution in [0.25, 0.3) is 0 Å². The molecule has 0 spiro atoms. The average molecular weight is 156 g/mol. The van der Waals surface area contributed by atoms with Crippen molar-refractivity contribution in [1.29, 1.82) is 0 Å². The predicted molar refractivity (Wildman–Crippen MR) is 48.7 cm³/mol. The molecule has 0 aromatic heterocycles. The molecule has 0 aromatic carbocycles. The van der Waals surface area contributed by atoms with Gasteiger partial charge in [0.1, 0.15) is 0 Å². The third-order valence-corrected chi connectivity index (χ3v) is 2.78. The van der Waals surface area contributed by atoms with E-state index in [9.17, 15) is 0 Å². The molecule has 1 aliphatic rings. The van der Waals surface area contributed by atoms with E-state index in [2.05, 4.69) is 38.0 Å². The highest BCUT2D eigenvalue weighted by Gasteiger charge is 2.25. The smallest absolute Gasteiger partial charge is 0.0243 e. The van der Waals surface area contributed by atoms with E-state index in [1.807, 2.05) is 0 Å². The van der Waals surface area contributed by atoms with Crippen molar-refractivity contribution >= 4 is 0 Å². The van der Waals surface area contributed by atoms with Gasteiger partial charge < -0.3 is 5.32 Å². The maximum absolute atomic E-state index is 3.45. The van der Waals surface area contributed by atoms with Gasteiger partial charge in [-0.3, -0.25) is 4.90 Å². The molecule has 2 atom stereocenters. The summed E-state index contributed by atoms with van der Waals surface area (Å²) in [6.45, 7) is 9.15. The zero-order chi connectivity index (χ0) is 8.43. The second-order valence-corrected chi connectivity index (χ2v) is 3.98. The molecular weight excluding hydrogens is 136 g/mol. The van der Waals surface area contributed by atoms with Crippen LogP contribution < -0.4 is 5.32 Å². The molecule has 0 aromatic rings. The minimum Gasteiger partial charge on any atom is -0.314 e. The molecule has 0 radical (unpaired) electrons. The van der Waals surface area contributed by atoms with Crippen LogP contribution in [0.3, 0.4) is 0 Å². The van der Waals surface area contributed by atoms with Crippen molar-refractivity contribution in [1.82, 2.24) is 10.2 Å². The van der Waals surface area contributed by atoms with Gasteiger partial charge in [0.25, 0.3) is 0 Å². The van der Waals surface area contributed by atoms with Crippen LogP contribution in [-0.2, 0) is 0 Å². The van der Waals surface area contributed by atoms with Gasteiger partial charge in [-0.25, -0.2) is 0 Å². The SMILES string of the molecule is CC(C)C1CNC[C@@H](C)N1C. The van der Waals surface area contributed by atoms with Crippen molar-refractivity contribution < 1.29 is 0 Å². The van der Waals surface area contributed by atoms with Crippen LogP contribution in [-0.4, -0.2) is 37.1 Å². The Labute approximate surface area is 70.0 Å². The second kappa shape index (κ2) is 3.55. The van der Waals surface area contributed by atoms with E-state index >= 15 is 0 Å². The molecule has 0 bridgehead atoms. The van der Waals surface area contributed by atoms with E-state index < -0.39 is 0 Å². The predicted octanol–water partition coefficient (Wildman–Crippen LogP) is 0.934. The Hall–Kier alpha value is -0.0800. The average Bonchev–Trinajstić information content (AvgIpc) is 1.94. The quantitative estimate of drug-likeness (QED) is 0.607. The van der Waals surface area contributed by atoms with Crippen LogP contribution in [0.1, 0.15) is 20.8 Å². The van der Waals surface area contributed by atoms with Crippen molar-refractivity contribution in [2.45, 2.75) is 32.9 Å². The standard InChI is InChI=1S/C9H20N2/c1-7(2)9-6-10-5-8(3)11(9)4/h7-10H,5-6H2,1-4H3/t8-,9?/m1/s1. The first-order valence-corrected chi connectivity index (χ1v) is 4.55. The van der Waals surface area contributed by atoms with Gasteiger partial charge in [0.05, 0.1) is 0 Å². The first kappa shape index (κ1) is 9.01. The number of nitrogens with one attached hydrogen (secondary N) is 1. The molecule has 1 N–H and O–H groups in total. The molecular formula is C9H20N2. The fourth-order valence-corrected chi connectivity index (χ4v) is 1.76. The topological polar surface area (TPSA) is 15.3 Å². The summed E-state index contributed by atoms with van der Waals surface area (Å²) < 4.78 is 0. The van der Waals surface area contributed by atoms with Gasteiger partial charge in [-0.05, 0) is 19.9 Å². The van der Waals surface area contributed by atoms with Crippen LogP contribution in [0.5, 0.6) is 0 Å². The Morgan fingerprint density at radius 3 is 2.45 bits per heavy atom. The lowest BCUT2D eigenvalue weighted by Crippen LogP contribution is -2.56. The summed E-state index contributed by atoms with van der Waals surface area (Å²) in [6.07, 6.45) is 0. The molecule has 1 aliphatic heterocycles. The first-order valence-electron chi connectivity index (χ1n) is 4.55. The summed E-state index contributed by atoms with van der Waals surface area (Å²) in [5.41, 5.74) is 0. The van der Waals surface area contributed by atoms with E-state index in [0.717, 1.165) is 25.0 Å². The van der Waals surface area contributed by atoms with Gasteiger partial charge in [0, 0.05) is 25.2 Å². The van der Waals surface area contributed by atoms with Crippen molar-refractivity contribution in [2.24, 2.45) is 5.92 Å². The molecule has 2 nitrogen and oxygen atoms in total. The first-order chi connectivity index (χ1) is 5.13. The Bertz CT molecular complexity index is 123. The van der Waals surface area contributed by atoms with Crippen LogP contribution in [0.4, 0.5) is 0 Å². The number of hydrogen-bond donors (Lipinski definition) is 1. The molecule has 2 heteroatoms. The summed E-state index contributed by atoms with van der Waals surface area (Å²) in [4.78, 5) is 2.49. The zero-order valence-corrected chi connectivity index (χ0v) is 8.09. The fourth-order valence-electron chi connectivity index (χ4n) is 1.76. The summed E-state index contributed by atoms with van der Waals surface area (Å²) in [6, 6.07) is 1.41. The minimum atomic E-state index is 0.691. The Balaban J connectivity index is 2.51. The Morgan fingerprint density at radius 1 is 1.36 bits per heavy atom. The number of nitrogens with zero attached hydrogens (tertiary/aromatic N) is 1. The van der Waals surface area contributed by atoms with Gasteiger partial charge in [-0.15, -0.1) is 0 Å². The molecule has 0 saturated carbocycles. The van der Waals surface area contributed by atoms with Crippen LogP contribution in [0.15, 0.2) is 0 Å². The second-order valence-electron chi connectivity index (χ2n) is 3.98. The summed E-state index contributed by atoms with van der Waals surface area (Å²) >= 11 is 0. The van der Waals surface area contributed by atoms with Crippen LogP contribution in [0.2, 0.25) is 0 Å². The molecule has 1 rings (SSSR count). The lowest BCUT2D eigenvalue weighted by atomic mass is 9.99. The highest BCUT2D eigenvalue weighted by molar-refractivity contribution is 4.84. The van der Waals surface area contributed by atoms with Gasteiger partial charge >= 0.3 is 0 Å². The largest absolute Gasteiger partial charge is 0.314 e. The highest BCUT2D eigenvalue weighted by Crippen LogP contribution is 2.14. The third kappa shape index (κ3) is 1.94. The van der Waals surface area contributed by atoms with E-state index in [1.165, 1.54) is 0 Å². The Morgan fingerprint density at radius 2 is 2.00 bits per heavy atom. The monoisotopic (exact) mass is 156 g/mol. The van der Waals surface area contributed by atoms with E-state index in [0.29, 0.717) is 6.04 Å². The Kier molecular flexibility index (Phi) is 2.90. The molecule has 1 heterocycles.